The zero-order valence-electron chi connectivity index (χ0n) is 10.2. The highest BCUT2D eigenvalue weighted by atomic mass is 79.9. The molecule has 4 atom stereocenters. The second-order valence-corrected chi connectivity index (χ2v) is 6.21. The molecule has 0 saturated heterocycles. The Kier molecular flexibility index (Phi) is 3.09. The van der Waals surface area contributed by atoms with Crippen LogP contribution in [0.15, 0.2) is 28.7 Å². The van der Waals surface area contributed by atoms with Crippen molar-refractivity contribution in [3.05, 3.63) is 34.3 Å². The molecule has 0 heterocycles. The minimum Gasteiger partial charge on any atom is -0.481 e. The normalized spacial score (nSPS) is 31.6. The third kappa shape index (κ3) is 2.66. The number of carboxylic acid groups (broad SMARTS) is 1. The third-order valence-corrected chi connectivity index (χ3v) is 4.33. The monoisotopic (exact) mass is 323 g/mol. The van der Waals surface area contributed by atoms with Gasteiger partial charge in [0.2, 0.25) is 5.91 Å². The van der Waals surface area contributed by atoms with Gasteiger partial charge in [0.25, 0.3) is 0 Å². The molecule has 3 rings (SSSR count). The lowest BCUT2D eigenvalue weighted by Gasteiger charge is -2.04. The van der Waals surface area contributed by atoms with Gasteiger partial charge in [0.05, 0.1) is 11.8 Å². The minimum absolute atomic E-state index is 0.102. The molecule has 0 bridgehead atoms. The van der Waals surface area contributed by atoms with Crippen molar-refractivity contribution >= 4 is 27.8 Å². The molecule has 1 aromatic carbocycles. The Labute approximate surface area is 119 Å². The van der Waals surface area contributed by atoms with Crippen LogP contribution in [0.3, 0.4) is 0 Å². The highest BCUT2D eigenvalue weighted by Crippen LogP contribution is 2.44. The average Bonchev–Trinajstić information content (AvgIpc) is 3.23. The number of carbonyl (C=O) groups is 2. The number of hydrogen-bond acceptors (Lipinski definition) is 2. The summed E-state index contributed by atoms with van der Waals surface area (Å²) in [7, 11) is 0. The smallest absolute Gasteiger partial charge is 0.307 e. The molecule has 4 nitrogen and oxygen atoms in total. The lowest BCUT2D eigenvalue weighted by atomic mass is 10.1. The summed E-state index contributed by atoms with van der Waals surface area (Å²) in [6.07, 6.45) is 1.42. The summed E-state index contributed by atoms with van der Waals surface area (Å²) in [5.41, 5.74) is 1.21. The topological polar surface area (TPSA) is 66.4 Å². The van der Waals surface area contributed by atoms with E-state index in [2.05, 4.69) is 33.4 Å². The van der Waals surface area contributed by atoms with Crippen molar-refractivity contribution in [2.24, 2.45) is 11.8 Å². The molecule has 1 aromatic rings. The van der Waals surface area contributed by atoms with Gasteiger partial charge in [-0.2, -0.15) is 0 Å². The van der Waals surface area contributed by atoms with Gasteiger partial charge in [-0.25, -0.2) is 0 Å². The Morgan fingerprint density at radius 3 is 2.68 bits per heavy atom. The maximum absolute atomic E-state index is 11.8. The molecular weight excluding hydrogens is 310 g/mol. The van der Waals surface area contributed by atoms with Crippen molar-refractivity contribution in [1.82, 2.24) is 5.32 Å². The Morgan fingerprint density at radius 1 is 1.26 bits per heavy atom. The number of rotatable bonds is 4. The maximum Gasteiger partial charge on any atom is 0.307 e. The number of benzene rings is 1. The summed E-state index contributed by atoms with van der Waals surface area (Å²) >= 11 is 3.43. The van der Waals surface area contributed by atoms with Crippen molar-refractivity contribution in [1.29, 1.82) is 0 Å². The molecule has 19 heavy (non-hydrogen) atoms. The van der Waals surface area contributed by atoms with E-state index in [0.717, 1.165) is 10.9 Å². The van der Waals surface area contributed by atoms with Gasteiger partial charge in [0.15, 0.2) is 0 Å². The number of carboxylic acids is 1. The maximum atomic E-state index is 11.8. The van der Waals surface area contributed by atoms with Crippen LogP contribution in [0.25, 0.3) is 0 Å². The molecule has 2 N–H and O–H groups in total. The molecule has 0 unspecified atom stereocenters. The van der Waals surface area contributed by atoms with Crippen molar-refractivity contribution < 1.29 is 14.7 Å². The van der Waals surface area contributed by atoms with E-state index >= 15 is 0 Å². The Morgan fingerprint density at radius 2 is 2.05 bits per heavy atom. The SMILES string of the molecule is O=C(N[C@@H]1C[C@H]1c1cccc(Br)c1)[C@H]1C[C@H]1C(=O)O. The molecule has 2 aliphatic carbocycles. The fourth-order valence-electron chi connectivity index (χ4n) is 2.51. The van der Waals surface area contributed by atoms with Crippen molar-refractivity contribution in [3.8, 4) is 0 Å². The van der Waals surface area contributed by atoms with Crippen molar-refractivity contribution in [2.45, 2.75) is 24.8 Å². The van der Waals surface area contributed by atoms with Crippen LogP contribution in [-0.4, -0.2) is 23.0 Å². The predicted octanol–water partition coefficient (Wildman–Crippen LogP) is 2.14. The van der Waals surface area contributed by atoms with E-state index in [4.69, 9.17) is 5.11 Å². The van der Waals surface area contributed by atoms with Crippen molar-refractivity contribution in [2.75, 3.05) is 0 Å². The number of aliphatic carboxylic acids is 1. The first-order valence-corrected chi connectivity index (χ1v) is 7.14. The van der Waals surface area contributed by atoms with Gasteiger partial charge >= 0.3 is 5.97 Å². The number of amides is 1. The molecule has 0 spiro atoms. The van der Waals surface area contributed by atoms with Crippen LogP contribution in [0.5, 0.6) is 0 Å². The summed E-state index contributed by atoms with van der Waals surface area (Å²) in [5, 5.41) is 11.7. The van der Waals surface area contributed by atoms with Gasteiger partial charge in [0.1, 0.15) is 0 Å². The van der Waals surface area contributed by atoms with Crippen LogP contribution >= 0.6 is 15.9 Å². The number of nitrogens with one attached hydrogen (secondary N) is 1. The highest BCUT2D eigenvalue weighted by Gasteiger charge is 2.50. The Balaban J connectivity index is 1.54. The summed E-state index contributed by atoms with van der Waals surface area (Å²) in [4.78, 5) is 22.5. The summed E-state index contributed by atoms with van der Waals surface area (Å²) in [6, 6.07) is 8.24. The van der Waals surface area contributed by atoms with Crippen LogP contribution in [0.2, 0.25) is 0 Å². The third-order valence-electron chi connectivity index (χ3n) is 3.84. The standard InChI is InChI=1S/C14H14BrNO3/c15-8-3-1-2-7(4-8)9-6-12(9)16-13(17)10-5-11(10)14(18)19/h1-4,9-12H,5-6H2,(H,16,17)(H,18,19)/t9-,10-,11+,12+/m0/s1. The van der Waals surface area contributed by atoms with Gasteiger partial charge in [-0.1, -0.05) is 28.1 Å². The van der Waals surface area contributed by atoms with Crippen LogP contribution in [0.4, 0.5) is 0 Å². The molecular formula is C14H14BrNO3. The second-order valence-electron chi connectivity index (χ2n) is 5.30. The first-order chi connectivity index (χ1) is 9.06. The zero-order chi connectivity index (χ0) is 13.6. The van der Waals surface area contributed by atoms with Gasteiger partial charge in [0, 0.05) is 16.4 Å². The average molecular weight is 324 g/mol. The molecule has 0 radical (unpaired) electrons. The zero-order valence-corrected chi connectivity index (χ0v) is 11.8. The fourth-order valence-corrected chi connectivity index (χ4v) is 2.92. The molecule has 2 saturated carbocycles. The van der Waals surface area contributed by atoms with E-state index in [1.165, 1.54) is 5.56 Å². The highest BCUT2D eigenvalue weighted by molar-refractivity contribution is 9.10. The quantitative estimate of drug-likeness (QED) is 0.892. The summed E-state index contributed by atoms with van der Waals surface area (Å²) in [5.74, 6) is -1.39. The van der Waals surface area contributed by atoms with Crippen LogP contribution < -0.4 is 5.32 Å². The molecule has 0 aliphatic heterocycles. The van der Waals surface area contributed by atoms with Gasteiger partial charge in [-0.3, -0.25) is 9.59 Å². The Bertz CT molecular complexity index is 545. The van der Waals surface area contributed by atoms with Crippen LogP contribution in [-0.2, 0) is 9.59 Å². The van der Waals surface area contributed by atoms with Gasteiger partial charge in [-0.05, 0) is 30.5 Å². The van der Waals surface area contributed by atoms with Crippen LogP contribution in [0, 0.1) is 11.8 Å². The largest absolute Gasteiger partial charge is 0.481 e. The van der Waals surface area contributed by atoms with E-state index in [-0.39, 0.29) is 17.9 Å². The van der Waals surface area contributed by atoms with E-state index in [0.29, 0.717) is 12.3 Å². The number of halogens is 1. The number of carbonyl (C=O) groups excluding carboxylic acids is 1. The molecule has 100 valence electrons. The van der Waals surface area contributed by atoms with E-state index in [1.807, 2.05) is 12.1 Å². The second kappa shape index (κ2) is 4.63. The van der Waals surface area contributed by atoms with E-state index in [9.17, 15) is 9.59 Å². The molecule has 2 fully saturated rings. The molecule has 2 aliphatic rings. The molecule has 1 amide bonds. The Hall–Kier alpha value is -1.36. The first-order valence-electron chi connectivity index (χ1n) is 6.35. The number of hydrogen-bond donors (Lipinski definition) is 2. The van der Waals surface area contributed by atoms with E-state index < -0.39 is 11.9 Å². The minimum atomic E-state index is -0.862. The van der Waals surface area contributed by atoms with Gasteiger partial charge < -0.3 is 10.4 Å². The molecule has 0 aromatic heterocycles. The van der Waals surface area contributed by atoms with Crippen molar-refractivity contribution in [3.63, 3.8) is 0 Å². The summed E-state index contributed by atoms with van der Waals surface area (Å²) < 4.78 is 1.04. The van der Waals surface area contributed by atoms with Gasteiger partial charge in [-0.15, -0.1) is 0 Å². The fraction of sp³-hybridized carbons (Fsp3) is 0.429. The molecule has 5 heteroatoms. The lowest BCUT2D eigenvalue weighted by Crippen LogP contribution is -2.29. The summed E-state index contributed by atoms with van der Waals surface area (Å²) in [6.45, 7) is 0. The first kappa shape index (κ1) is 12.7. The van der Waals surface area contributed by atoms with Crippen LogP contribution in [0.1, 0.15) is 24.3 Å². The predicted molar refractivity (Wildman–Crippen MR) is 72.7 cm³/mol. The van der Waals surface area contributed by atoms with E-state index in [1.54, 1.807) is 0 Å². The lowest BCUT2D eigenvalue weighted by molar-refractivity contribution is -0.140.